The quantitative estimate of drug-likeness (QED) is 0.815. The number of hydrogen-bond acceptors (Lipinski definition) is 3. The SMILES string of the molecule is COC1(C)CCCN(Cc2ccccc2N)C1. The van der Waals surface area contributed by atoms with Gasteiger partial charge in [-0.1, -0.05) is 18.2 Å². The lowest BCUT2D eigenvalue weighted by Crippen LogP contribution is -2.46. The summed E-state index contributed by atoms with van der Waals surface area (Å²) in [7, 11) is 1.81. The van der Waals surface area contributed by atoms with Gasteiger partial charge in [-0.15, -0.1) is 0 Å². The maximum Gasteiger partial charge on any atom is 0.0777 e. The largest absolute Gasteiger partial charge is 0.398 e. The number of piperidine rings is 1. The fraction of sp³-hybridized carbons (Fsp3) is 0.571. The fourth-order valence-electron chi connectivity index (χ4n) is 2.53. The number of nitrogens with two attached hydrogens (primary N) is 1. The van der Waals surface area contributed by atoms with E-state index in [4.69, 9.17) is 10.5 Å². The zero-order chi connectivity index (χ0) is 12.3. The highest BCUT2D eigenvalue weighted by atomic mass is 16.5. The molecule has 1 aromatic rings. The van der Waals surface area contributed by atoms with Crippen molar-refractivity contribution in [3.8, 4) is 0 Å². The lowest BCUT2D eigenvalue weighted by atomic mass is 9.94. The first kappa shape index (κ1) is 12.4. The number of nitrogens with zero attached hydrogens (tertiary/aromatic N) is 1. The van der Waals surface area contributed by atoms with E-state index in [0.717, 1.165) is 31.7 Å². The molecule has 17 heavy (non-hydrogen) atoms. The number of anilines is 1. The van der Waals surface area contributed by atoms with E-state index in [2.05, 4.69) is 17.9 Å². The minimum Gasteiger partial charge on any atom is -0.398 e. The molecule has 3 heteroatoms. The fourth-order valence-corrected chi connectivity index (χ4v) is 2.53. The Balaban J connectivity index is 2.02. The first-order chi connectivity index (χ1) is 8.13. The summed E-state index contributed by atoms with van der Waals surface area (Å²) in [4.78, 5) is 2.43. The van der Waals surface area contributed by atoms with E-state index < -0.39 is 0 Å². The summed E-state index contributed by atoms with van der Waals surface area (Å²) in [5.41, 5.74) is 8.08. The molecular weight excluding hydrogens is 212 g/mol. The molecule has 1 aliphatic rings. The van der Waals surface area contributed by atoms with Gasteiger partial charge in [-0.05, 0) is 37.9 Å². The molecule has 0 radical (unpaired) electrons. The van der Waals surface area contributed by atoms with Crippen molar-refractivity contribution in [3.05, 3.63) is 29.8 Å². The number of methoxy groups -OCH3 is 1. The van der Waals surface area contributed by atoms with E-state index in [9.17, 15) is 0 Å². The van der Waals surface area contributed by atoms with Crippen molar-refractivity contribution in [1.82, 2.24) is 4.90 Å². The van der Waals surface area contributed by atoms with Crippen LogP contribution >= 0.6 is 0 Å². The van der Waals surface area contributed by atoms with Crippen molar-refractivity contribution in [3.63, 3.8) is 0 Å². The van der Waals surface area contributed by atoms with Crippen molar-refractivity contribution >= 4 is 5.69 Å². The summed E-state index contributed by atoms with van der Waals surface area (Å²) in [6, 6.07) is 8.10. The third kappa shape index (κ3) is 2.99. The minimum absolute atomic E-state index is 0.00178. The van der Waals surface area contributed by atoms with E-state index in [-0.39, 0.29) is 5.60 Å². The van der Waals surface area contributed by atoms with Gasteiger partial charge in [0, 0.05) is 25.9 Å². The van der Waals surface area contributed by atoms with Gasteiger partial charge in [-0.3, -0.25) is 4.90 Å². The second kappa shape index (κ2) is 5.07. The van der Waals surface area contributed by atoms with Crippen molar-refractivity contribution in [1.29, 1.82) is 0 Å². The molecule has 1 atom stereocenters. The third-order valence-electron chi connectivity index (χ3n) is 3.68. The molecule has 94 valence electrons. The lowest BCUT2D eigenvalue weighted by molar-refractivity contribution is -0.0526. The van der Waals surface area contributed by atoms with Crippen LogP contribution in [0.2, 0.25) is 0 Å². The average Bonchev–Trinajstić information content (AvgIpc) is 2.32. The Morgan fingerprint density at radius 3 is 2.88 bits per heavy atom. The van der Waals surface area contributed by atoms with Crippen molar-refractivity contribution < 1.29 is 4.74 Å². The number of benzene rings is 1. The molecule has 1 heterocycles. The molecule has 1 fully saturated rings. The van der Waals surface area contributed by atoms with Gasteiger partial charge < -0.3 is 10.5 Å². The van der Waals surface area contributed by atoms with Crippen LogP contribution in [0, 0.1) is 0 Å². The lowest BCUT2D eigenvalue weighted by Gasteiger charge is -2.39. The second-order valence-corrected chi connectivity index (χ2v) is 5.17. The van der Waals surface area contributed by atoms with Crippen LogP contribution in [0.5, 0.6) is 0 Å². The topological polar surface area (TPSA) is 38.5 Å². The Morgan fingerprint density at radius 2 is 2.18 bits per heavy atom. The zero-order valence-corrected chi connectivity index (χ0v) is 10.8. The summed E-state index contributed by atoms with van der Waals surface area (Å²) < 4.78 is 5.60. The molecule has 0 bridgehead atoms. The highest BCUT2D eigenvalue weighted by molar-refractivity contribution is 5.46. The highest BCUT2D eigenvalue weighted by Crippen LogP contribution is 2.25. The zero-order valence-electron chi connectivity index (χ0n) is 10.8. The maximum atomic E-state index is 5.98. The number of nitrogen functional groups attached to an aromatic ring is 1. The van der Waals surface area contributed by atoms with Gasteiger partial charge in [0.05, 0.1) is 5.60 Å². The van der Waals surface area contributed by atoms with Crippen LogP contribution in [0.3, 0.4) is 0 Å². The molecule has 0 aromatic heterocycles. The van der Waals surface area contributed by atoms with Gasteiger partial charge in [0.2, 0.25) is 0 Å². The van der Waals surface area contributed by atoms with Gasteiger partial charge in [0.25, 0.3) is 0 Å². The van der Waals surface area contributed by atoms with Crippen LogP contribution < -0.4 is 5.73 Å². The smallest absolute Gasteiger partial charge is 0.0777 e. The number of rotatable bonds is 3. The molecule has 0 amide bonds. The van der Waals surface area contributed by atoms with Gasteiger partial charge >= 0.3 is 0 Å². The van der Waals surface area contributed by atoms with E-state index in [1.807, 2.05) is 18.2 Å². The number of hydrogen-bond donors (Lipinski definition) is 1. The van der Waals surface area contributed by atoms with Crippen LogP contribution in [0.4, 0.5) is 5.69 Å². The Kier molecular flexibility index (Phi) is 3.69. The molecular formula is C14H22N2O. The Bertz CT molecular complexity index is 380. The predicted molar refractivity (Wildman–Crippen MR) is 70.8 cm³/mol. The van der Waals surface area contributed by atoms with Crippen LogP contribution in [-0.2, 0) is 11.3 Å². The average molecular weight is 234 g/mol. The second-order valence-electron chi connectivity index (χ2n) is 5.17. The first-order valence-corrected chi connectivity index (χ1v) is 6.24. The Morgan fingerprint density at radius 1 is 1.41 bits per heavy atom. The van der Waals surface area contributed by atoms with Gasteiger partial charge in [-0.2, -0.15) is 0 Å². The summed E-state index contributed by atoms with van der Waals surface area (Å²) >= 11 is 0. The van der Waals surface area contributed by atoms with Crippen molar-refractivity contribution in [2.45, 2.75) is 31.9 Å². The summed E-state index contributed by atoms with van der Waals surface area (Å²) in [6.45, 7) is 5.23. The van der Waals surface area contributed by atoms with Gasteiger partial charge in [0.1, 0.15) is 0 Å². The molecule has 1 aliphatic heterocycles. The van der Waals surface area contributed by atoms with Crippen LogP contribution in [0.25, 0.3) is 0 Å². The van der Waals surface area contributed by atoms with Gasteiger partial charge in [0.15, 0.2) is 0 Å². The minimum atomic E-state index is 0.00178. The molecule has 1 aromatic carbocycles. The summed E-state index contributed by atoms with van der Waals surface area (Å²) in [5.74, 6) is 0. The normalized spacial score (nSPS) is 26.0. The van der Waals surface area contributed by atoms with Crippen molar-refractivity contribution in [2.75, 3.05) is 25.9 Å². The predicted octanol–water partition coefficient (Wildman–Crippen LogP) is 2.27. The molecule has 1 unspecified atom stereocenters. The van der Waals surface area contributed by atoms with E-state index in [1.54, 1.807) is 7.11 Å². The molecule has 0 aliphatic carbocycles. The molecule has 3 nitrogen and oxygen atoms in total. The number of para-hydroxylation sites is 1. The van der Waals surface area contributed by atoms with E-state index in [1.165, 1.54) is 12.0 Å². The maximum absolute atomic E-state index is 5.98. The monoisotopic (exact) mass is 234 g/mol. The molecule has 0 spiro atoms. The Labute approximate surface area is 104 Å². The third-order valence-corrected chi connectivity index (χ3v) is 3.68. The molecule has 0 saturated carbocycles. The van der Waals surface area contributed by atoms with Crippen molar-refractivity contribution in [2.24, 2.45) is 0 Å². The summed E-state index contributed by atoms with van der Waals surface area (Å²) in [5, 5.41) is 0. The number of likely N-dealkylation sites (tertiary alicyclic amines) is 1. The number of ether oxygens (including phenoxy) is 1. The highest BCUT2D eigenvalue weighted by Gasteiger charge is 2.30. The van der Waals surface area contributed by atoms with Crippen LogP contribution in [0.15, 0.2) is 24.3 Å². The van der Waals surface area contributed by atoms with E-state index in [0.29, 0.717) is 0 Å². The van der Waals surface area contributed by atoms with Gasteiger partial charge in [-0.25, -0.2) is 0 Å². The standard InChI is InChI=1S/C14H22N2O/c1-14(17-2)8-5-9-16(11-14)10-12-6-3-4-7-13(12)15/h3-4,6-7H,5,8-11,15H2,1-2H3. The van der Waals surface area contributed by atoms with E-state index >= 15 is 0 Å². The Hall–Kier alpha value is -1.06. The summed E-state index contributed by atoms with van der Waals surface area (Å²) in [6.07, 6.45) is 2.33. The molecule has 1 saturated heterocycles. The molecule has 2 N–H and O–H groups in total. The van der Waals surface area contributed by atoms with Crippen LogP contribution in [-0.4, -0.2) is 30.7 Å². The first-order valence-electron chi connectivity index (χ1n) is 6.24. The molecule has 2 rings (SSSR count). The van der Waals surface area contributed by atoms with Crippen LogP contribution in [0.1, 0.15) is 25.3 Å².